The van der Waals surface area contributed by atoms with E-state index in [9.17, 15) is 0 Å². The lowest BCUT2D eigenvalue weighted by Crippen LogP contribution is -2.42. The molecule has 6 bridgehead atoms. The van der Waals surface area contributed by atoms with Crippen molar-refractivity contribution in [3.8, 4) is 56.5 Å². The topological polar surface area (TPSA) is 47.9 Å². The van der Waals surface area contributed by atoms with Crippen LogP contribution in [0, 0.1) is 46.3 Å². The first-order chi connectivity index (χ1) is 32.0. The number of benzene rings is 6. The molecule has 11 aliphatic rings. The minimum atomic E-state index is -0.529. The number of fused-ring (bicyclic) bond motifs is 12. The van der Waals surface area contributed by atoms with Gasteiger partial charge in [-0.05, 0) is 173 Å². The third-order valence-corrected chi connectivity index (χ3v) is 20.9. The van der Waals surface area contributed by atoms with E-state index < -0.39 is 5.41 Å². The Labute approximate surface area is 381 Å². The second-order valence-corrected chi connectivity index (χ2v) is 23.2. The molecule has 9 fully saturated rings. The summed E-state index contributed by atoms with van der Waals surface area (Å²) in [4.78, 5) is 16.9. The average molecular weight is 842 g/mol. The number of ether oxygens (including phenoxy) is 1. The van der Waals surface area contributed by atoms with E-state index in [-0.39, 0.29) is 5.41 Å². The number of aromatic nitrogens is 3. The van der Waals surface area contributed by atoms with Gasteiger partial charge in [0.25, 0.3) is 0 Å². The molecule has 10 atom stereocenters. The van der Waals surface area contributed by atoms with Crippen molar-refractivity contribution in [3.63, 3.8) is 0 Å². The summed E-state index contributed by atoms with van der Waals surface area (Å²) in [5.41, 5.74) is 14.8. The highest BCUT2D eigenvalue weighted by Gasteiger charge is 2.77. The molecule has 0 saturated heterocycles. The van der Waals surface area contributed by atoms with E-state index in [1.165, 1.54) is 110 Å². The summed E-state index contributed by atoms with van der Waals surface area (Å²) in [5.74, 6) is 10.1. The molecule has 2 heterocycles. The first-order valence-electron chi connectivity index (χ1n) is 25.0. The number of nitrogens with zero attached hydrogens (tertiary/aromatic N) is 3. The Kier molecular flexibility index (Phi) is 6.29. The second kappa shape index (κ2) is 11.6. The van der Waals surface area contributed by atoms with Gasteiger partial charge in [-0.3, -0.25) is 0 Å². The van der Waals surface area contributed by atoms with Gasteiger partial charge in [0, 0.05) is 27.7 Å². The van der Waals surface area contributed by atoms with Crippen LogP contribution in [-0.2, 0) is 16.2 Å². The minimum absolute atomic E-state index is 0.0460. The molecule has 9 saturated carbocycles. The molecule has 316 valence electrons. The van der Waals surface area contributed by atoms with Crippen LogP contribution in [0.1, 0.15) is 104 Å². The maximum atomic E-state index is 6.68. The molecule has 0 amide bonds. The van der Waals surface area contributed by atoms with Crippen LogP contribution in [-0.4, -0.2) is 15.0 Å². The highest BCUT2D eigenvalue weighted by molar-refractivity contribution is 5.99. The normalized spacial score (nSPS) is 35.2. The van der Waals surface area contributed by atoms with Gasteiger partial charge >= 0.3 is 0 Å². The molecule has 0 N–H and O–H groups in total. The van der Waals surface area contributed by atoms with E-state index in [0.29, 0.717) is 16.2 Å². The van der Waals surface area contributed by atoms with Gasteiger partial charge in [-0.25, -0.2) is 15.0 Å². The van der Waals surface area contributed by atoms with Gasteiger partial charge in [0.05, 0.1) is 5.41 Å². The molecule has 1 aromatic heterocycles. The molecule has 10 aliphatic carbocycles. The van der Waals surface area contributed by atoms with E-state index in [1.807, 2.05) is 0 Å². The third-order valence-electron chi connectivity index (χ3n) is 20.9. The monoisotopic (exact) mass is 841 g/mol. The van der Waals surface area contributed by atoms with Gasteiger partial charge in [-0.2, -0.15) is 0 Å². The van der Waals surface area contributed by atoms with Crippen LogP contribution in [0.3, 0.4) is 0 Å². The van der Waals surface area contributed by atoms with Gasteiger partial charge in [0.1, 0.15) is 17.3 Å². The van der Waals surface area contributed by atoms with Crippen molar-refractivity contribution in [2.75, 3.05) is 0 Å². The molecule has 4 nitrogen and oxygen atoms in total. The summed E-state index contributed by atoms with van der Waals surface area (Å²) < 4.78 is 6.68. The van der Waals surface area contributed by atoms with Crippen molar-refractivity contribution in [3.05, 3.63) is 173 Å². The standard InChI is InChI=1S/C61H51N3O/c1-2-11-44(42(10-1)43-13-9-17-49-53(43)45-12-3-4-14-46(45)61(49)47-15-5-7-18-51(47)65-52-19-8-6-16-48(52)61)55-62-54(63-56(64-55)58-31-40-25-37-29-60(40,34-58)50(37)32-58)36-20-22-38(23-21-36)57-27-35-24-39-26-41(30-57)59(39,28-35)33-57/h1-23,35,37,39-41,50H,24-34H2/t35-,37?,39-,40?,41?,50?,57?,58?,59+,60?/m1/s1. The van der Waals surface area contributed by atoms with E-state index >= 15 is 0 Å². The molecule has 7 aromatic rings. The van der Waals surface area contributed by atoms with E-state index in [4.69, 9.17) is 19.7 Å². The van der Waals surface area contributed by atoms with Crippen LogP contribution in [0.5, 0.6) is 11.5 Å². The molecular formula is C61H51N3O. The van der Waals surface area contributed by atoms with Crippen molar-refractivity contribution in [1.29, 1.82) is 0 Å². The lowest BCUT2D eigenvalue weighted by Gasteiger charge is -2.49. The van der Waals surface area contributed by atoms with Gasteiger partial charge < -0.3 is 4.74 Å². The van der Waals surface area contributed by atoms with Crippen LogP contribution in [0.25, 0.3) is 45.0 Å². The maximum Gasteiger partial charge on any atom is 0.164 e. The van der Waals surface area contributed by atoms with Crippen molar-refractivity contribution >= 4 is 0 Å². The van der Waals surface area contributed by atoms with Crippen molar-refractivity contribution in [1.82, 2.24) is 15.0 Å². The second-order valence-electron chi connectivity index (χ2n) is 23.2. The number of hydrogen-bond donors (Lipinski definition) is 0. The fourth-order valence-electron chi connectivity index (χ4n) is 19.0. The van der Waals surface area contributed by atoms with Gasteiger partial charge in [-0.1, -0.05) is 127 Å². The molecule has 1 aliphatic heterocycles. The quantitative estimate of drug-likeness (QED) is 0.173. The van der Waals surface area contributed by atoms with Crippen molar-refractivity contribution < 1.29 is 4.74 Å². The Balaban J connectivity index is 0.845. The Bertz CT molecular complexity index is 3220. The van der Waals surface area contributed by atoms with Crippen LogP contribution >= 0.6 is 0 Å². The van der Waals surface area contributed by atoms with E-state index in [1.54, 1.807) is 5.56 Å². The van der Waals surface area contributed by atoms with Gasteiger partial charge in [0.15, 0.2) is 11.6 Å². The largest absolute Gasteiger partial charge is 0.457 e. The molecule has 65 heavy (non-hydrogen) atoms. The molecule has 3 spiro atoms. The van der Waals surface area contributed by atoms with E-state index in [0.717, 1.165) is 81.2 Å². The predicted molar refractivity (Wildman–Crippen MR) is 253 cm³/mol. The Morgan fingerprint density at radius 2 is 1.11 bits per heavy atom. The van der Waals surface area contributed by atoms with E-state index in [2.05, 4.69) is 140 Å². The lowest BCUT2D eigenvalue weighted by atomic mass is 9.55. The number of rotatable bonds is 5. The zero-order chi connectivity index (χ0) is 42.1. The summed E-state index contributed by atoms with van der Waals surface area (Å²) in [6.07, 6.45) is 15.4. The van der Waals surface area contributed by atoms with Gasteiger partial charge in [-0.15, -0.1) is 0 Å². The molecule has 18 rings (SSSR count). The Morgan fingerprint density at radius 3 is 1.91 bits per heavy atom. The van der Waals surface area contributed by atoms with Crippen LogP contribution in [0.2, 0.25) is 0 Å². The average Bonchev–Trinajstić information content (AvgIpc) is 4.14. The Morgan fingerprint density at radius 1 is 0.446 bits per heavy atom. The highest BCUT2D eigenvalue weighted by atomic mass is 16.5. The first kappa shape index (κ1) is 35.4. The molecule has 0 radical (unpaired) electrons. The lowest BCUT2D eigenvalue weighted by molar-refractivity contribution is -0.000160. The molecular weight excluding hydrogens is 791 g/mol. The smallest absolute Gasteiger partial charge is 0.164 e. The van der Waals surface area contributed by atoms with Gasteiger partial charge in [0.2, 0.25) is 0 Å². The molecule has 4 heteroatoms. The zero-order valence-corrected chi connectivity index (χ0v) is 36.8. The maximum absolute atomic E-state index is 6.68. The fraction of sp³-hybridized carbons (Fsp3) is 0.361. The highest BCUT2D eigenvalue weighted by Crippen LogP contribution is 2.83. The summed E-state index contributed by atoms with van der Waals surface area (Å²) in [5, 5.41) is 0. The number of hydrogen-bond acceptors (Lipinski definition) is 4. The van der Waals surface area contributed by atoms with Crippen LogP contribution < -0.4 is 4.74 Å². The van der Waals surface area contributed by atoms with Crippen LogP contribution in [0.15, 0.2) is 140 Å². The van der Waals surface area contributed by atoms with Crippen molar-refractivity contribution in [2.24, 2.45) is 46.3 Å². The predicted octanol–water partition coefficient (Wildman–Crippen LogP) is 13.9. The van der Waals surface area contributed by atoms with Crippen LogP contribution in [0.4, 0.5) is 0 Å². The first-order valence-corrected chi connectivity index (χ1v) is 25.0. The number of para-hydroxylation sites is 2. The zero-order valence-electron chi connectivity index (χ0n) is 36.8. The minimum Gasteiger partial charge on any atom is -0.457 e. The fourth-order valence-corrected chi connectivity index (χ4v) is 19.0. The summed E-state index contributed by atoms with van der Waals surface area (Å²) >= 11 is 0. The Hall–Kier alpha value is -5.87. The molecule has 7 unspecified atom stereocenters. The summed E-state index contributed by atoms with van der Waals surface area (Å²) in [7, 11) is 0. The summed E-state index contributed by atoms with van der Waals surface area (Å²) in [6, 6.07) is 52.1. The molecule has 6 aromatic carbocycles. The third kappa shape index (κ3) is 4.07. The summed E-state index contributed by atoms with van der Waals surface area (Å²) in [6.45, 7) is 0. The van der Waals surface area contributed by atoms with Crippen molar-refractivity contribution in [2.45, 2.75) is 86.9 Å². The SMILES string of the molecule is c1ccc2c(c1)Oc1ccccc1C21c2ccccc2-c2c(-c3ccccc3-c3nc(-c4ccc(C56CC7C[C@H]8C[C@H](C5)C[C@@]78C6)cc4)nc(C45CC6CC7CC6(C4)C7C5)n3)cccc21.